The molecular formula is C13H24N2. The molecule has 0 aromatic carbocycles. The van der Waals surface area contributed by atoms with Crippen molar-refractivity contribution in [1.82, 2.24) is 10.2 Å². The maximum Gasteiger partial charge on any atom is 0.0223 e. The van der Waals surface area contributed by atoms with Crippen molar-refractivity contribution in [2.45, 2.75) is 45.2 Å². The second-order valence-electron chi connectivity index (χ2n) is 5.06. The molecule has 0 aromatic rings. The van der Waals surface area contributed by atoms with Crippen molar-refractivity contribution in [2.24, 2.45) is 5.92 Å². The van der Waals surface area contributed by atoms with Crippen LogP contribution in [0.1, 0.15) is 33.1 Å². The van der Waals surface area contributed by atoms with Gasteiger partial charge < -0.3 is 5.32 Å². The Morgan fingerprint density at radius 2 is 2.13 bits per heavy atom. The van der Waals surface area contributed by atoms with E-state index >= 15 is 0 Å². The third kappa shape index (κ3) is 3.05. The van der Waals surface area contributed by atoms with Crippen molar-refractivity contribution in [2.75, 3.05) is 19.6 Å². The molecule has 1 aliphatic heterocycles. The number of nitrogens with zero attached hydrogens (tertiary/aromatic N) is 1. The summed E-state index contributed by atoms with van der Waals surface area (Å²) in [7, 11) is 0. The molecule has 0 aromatic heterocycles. The summed E-state index contributed by atoms with van der Waals surface area (Å²) in [6.07, 6.45) is 8.64. The minimum absolute atomic E-state index is 0.734. The third-order valence-corrected chi connectivity index (χ3v) is 3.79. The lowest BCUT2D eigenvalue weighted by molar-refractivity contribution is 0.220. The molecule has 1 N–H and O–H groups in total. The average Bonchev–Trinajstić information content (AvgIpc) is 3.03. The smallest absolute Gasteiger partial charge is 0.0223 e. The van der Waals surface area contributed by atoms with E-state index in [1.54, 1.807) is 0 Å². The van der Waals surface area contributed by atoms with Gasteiger partial charge in [-0.2, -0.15) is 0 Å². The molecule has 2 fully saturated rings. The molecule has 2 aliphatic rings. The van der Waals surface area contributed by atoms with E-state index in [1.807, 2.05) is 0 Å². The van der Waals surface area contributed by atoms with Gasteiger partial charge in [0, 0.05) is 25.2 Å². The first kappa shape index (κ1) is 11.2. The topological polar surface area (TPSA) is 15.3 Å². The fourth-order valence-corrected chi connectivity index (χ4v) is 2.47. The molecule has 0 bridgehead atoms. The zero-order chi connectivity index (χ0) is 10.7. The molecule has 2 rings (SSSR count). The molecule has 0 radical (unpaired) electrons. The van der Waals surface area contributed by atoms with Gasteiger partial charge in [-0.1, -0.05) is 12.2 Å². The Kier molecular flexibility index (Phi) is 3.81. The summed E-state index contributed by atoms with van der Waals surface area (Å²) >= 11 is 0. The van der Waals surface area contributed by atoms with Gasteiger partial charge in [-0.15, -0.1) is 0 Å². The molecule has 1 saturated carbocycles. The number of hydrogen-bond acceptors (Lipinski definition) is 2. The summed E-state index contributed by atoms with van der Waals surface area (Å²) < 4.78 is 0. The van der Waals surface area contributed by atoms with Gasteiger partial charge in [-0.05, 0) is 45.6 Å². The van der Waals surface area contributed by atoms with Crippen molar-refractivity contribution in [1.29, 1.82) is 0 Å². The highest BCUT2D eigenvalue weighted by Crippen LogP contribution is 2.33. The van der Waals surface area contributed by atoms with Crippen LogP contribution in [0.2, 0.25) is 0 Å². The van der Waals surface area contributed by atoms with Crippen LogP contribution in [0.25, 0.3) is 0 Å². The predicted molar refractivity (Wildman–Crippen MR) is 65.0 cm³/mol. The quantitative estimate of drug-likeness (QED) is 0.714. The van der Waals surface area contributed by atoms with Crippen LogP contribution in [0, 0.1) is 5.92 Å². The van der Waals surface area contributed by atoms with Crippen molar-refractivity contribution >= 4 is 0 Å². The Bertz CT molecular complexity index is 221. The van der Waals surface area contributed by atoms with E-state index in [0.29, 0.717) is 0 Å². The van der Waals surface area contributed by atoms with Crippen LogP contribution in [0.4, 0.5) is 0 Å². The summed E-state index contributed by atoms with van der Waals surface area (Å²) in [5, 5.41) is 3.71. The zero-order valence-corrected chi connectivity index (χ0v) is 10.1. The summed E-state index contributed by atoms with van der Waals surface area (Å²) in [5.74, 6) is 0.975. The van der Waals surface area contributed by atoms with Gasteiger partial charge in [0.2, 0.25) is 0 Å². The highest BCUT2D eigenvalue weighted by molar-refractivity contribution is 4.93. The molecule has 1 saturated heterocycles. The van der Waals surface area contributed by atoms with Crippen molar-refractivity contribution in [3.8, 4) is 0 Å². The van der Waals surface area contributed by atoms with E-state index in [0.717, 1.165) is 24.5 Å². The Morgan fingerprint density at radius 1 is 1.33 bits per heavy atom. The van der Waals surface area contributed by atoms with Gasteiger partial charge in [0.1, 0.15) is 0 Å². The third-order valence-electron chi connectivity index (χ3n) is 3.79. The molecule has 2 atom stereocenters. The number of hydrogen-bond donors (Lipinski definition) is 1. The van der Waals surface area contributed by atoms with Crippen LogP contribution in [0.3, 0.4) is 0 Å². The monoisotopic (exact) mass is 208 g/mol. The fraction of sp³-hybridized carbons (Fsp3) is 0.846. The van der Waals surface area contributed by atoms with Crippen LogP contribution >= 0.6 is 0 Å². The zero-order valence-electron chi connectivity index (χ0n) is 10.1. The van der Waals surface area contributed by atoms with E-state index in [9.17, 15) is 0 Å². The highest BCUT2D eigenvalue weighted by atomic mass is 15.2. The molecule has 0 amide bonds. The summed E-state index contributed by atoms with van der Waals surface area (Å²) in [6.45, 7) is 8.05. The molecule has 15 heavy (non-hydrogen) atoms. The highest BCUT2D eigenvalue weighted by Gasteiger charge is 2.34. The van der Waals surface area contributed by atoms with Crippen molar-refractivity contribution in [3.05, 3.63) is 12.2 Å². The van der Waals surface area contributed by atoms with Crippen molar-refractivity contribution in [3.63, 3.8) is 0 Å². The predicted octanol–water partition coefficient (Wildman–Crippen LogP) is 2.02. The Balaban J connectivity index is 1.91. The number of allylic oxidation sites excluding steroid dienone is 1. The second-order valence-corrected chi connectivity index (χ2v) is 5.06. The van der Waals surface area contributed by atoms with E-state index in [2.05, 4.69) is 36.2 Å². The minimum Gasteiger partial charge on any atom is -0.312 e. The summed E-state index contributed by atoms with van der Waals surface area (Å²) in [5.41, 5.74) is 0. The summed E-state index contributed by atoms with van der Waals surface area (Å²) in [6, 6.07) is 1.50. The summed E-state index contributed by atoms with van der Waals surface area (Å²) in [4.78, 5) is 2.63. The first-order valence-electron chi connectivity index (χ1n) is 6.40. The molecule has 1 aliphatic carbocycles. The first-order chi connectivity index (χ1) is 7.31. The average molecular weight is 208 g/mol. The van der Waals surface area contributed by atoms with Gasteiger partial charge in [-0.25, -0.2) is 0 Å². The van der Waals surface area contributed by atoms with Crippen LogP contribution in [0.5, 0.6) is 0 Å². The van der Waals surface area contributed by atoms with E-state index in [1.165, 1.54) is 32.4 Å². The number of rotatable bonds is 3. The minimum atomic E-state index is 0.734. The Morgan fingerprint density at radius 3 is 2.80 bits per heavy atom. The Labute approximate surface area is 93.7 Å². The van der Waals surface area contributed by atoms with Crippen LogP contribution in [0.15, 0.2) is 12.2 Å². The van der Waals surface area contributed by atoms with Crippen molar-refractivity contribution < 1.29 is 0 Å². The van der Waals surface area contributed by atoms with E-state index in [4.69, 9.17) is 0 Å². The Hall–Kier alpha value is -0.340. The van der Waals surface area contributed by atoms with Gasteiger partial charge >= 0.3 is 0 Å². The SMILES string of the molecule is C/C=C/CN1CC(C2CC2)NCCC1C. The maximum absolute atomic E-state index is 3.71. The molecule has 2 heteroatoms. The molecule has 1 heterocycles. The number of nitrogens with one attached hydrogen (secondary N) is 1. The maximum atomic E-state index is 3.71. The standard InChI is InChI=1S/C13H24N2/c1-3-4-9-15-10-13(12-5-6-12)14-8-7-11(15)2/h3-4,11-14H,5-10H2,1-2H3/b4-3+. The molecule has 2 unspecified atom stereocenters. The normalized spacial score (nSPS) is 34.5. The van der Waals surface area contributed by atoms with Gasteiger partial charge in [0.05, 0.1) is 0 Å². The lowest BCUT2D eigenvalue weighted by Gasteiger charge is -2.27. The van der Waals surface area contributed by atoms with Gasteiger partial charge in [0.25, 0.3) is 0 Å². The second kappa shape index (κ2) is 5.13. The molecule has 0 spiro atoms. The van der Waals surface area contributed by atoms with Crippen LogP contribution < -0.4 is 5.32 Å². The molecular weight excluding hydrogens is 184 g/mol. The van der Waals surface area contributed by atoms with E-state index in [-0.39, 0.29) is 0 Å². The lowest BCUT2D eigenvalue weighted by atomic mass is 10.1. The lowest BCUT2D eigenvalue weighted by Crippen LogP contribution is -2.41. The molecule has 2 nitrogen and oxygen atoms in total. The van der Waals surface area contributed by atoms with Crippen LogP contribution in [-0.4, -0.2) is 36.6 Å². The van der Waals surface area contributed by atoms with E-state index < -0.39 is 0 Å². The van der Waals surface area contributed by atoms with Gasteiger partial charge in [-0.3, -0.25) is 4.90 Å². The first-order valence-corrected chi connectivity index (χ1v) is 6.40. The fourth-order valence-electron chi connectivity index (χ4n) is 2.47. The van der Waals surface area contributed by atoms with Crippen LogP contribution in [-0.2, 0) is 0 Å². The largest absolute Gasteiger partial charge is 0.312 e. The molecule has 86 valence electrons. The van der Waals surface area contributed by atoms with Gasteiger partial charge in [0.15, 0.2) is 0 Å².